The van der Waals surface area contributed by atoms with E-state index in [0.717, 1.165) is 26.2 Å². The highest BCUT2D eigenvalue weighted by atomic mass is 16.5. The Labute approximate surface area is 90.4 Å². The highest BCUT2D eigenvalue weighted by Gasteiger charge is 2.15. The Morgan fingerprint density at radius 2 is 2.53 bits per heavy atom. The van der Waals surface area contributed by atoms with Gasteiger partial charge in [0.05, 0.1) is 12.9 Å². The van der Waals surface area contributed by atoms with Gasteiger partial charge in [0.25, 0.3) is 0 Å². The molecule has 0 radical (unpaired) electrons. The Hall–Kier alpha value is -0.870. The number of hydrogen-bond donors (Lipinski definition) is 1. The van der Waals surface area contributed by atoms with Crippen LogP contribution in [-0.2, 0) is 17.7 Å². The van der Waals surface area contributed by atoms with Crippen LogP contribution in [0.4, 0.5) is 0 Å². The lowest BCUT2D eigenvalue weighted by Crippen LogP contribution is -2.23. The zero-order valence-electron chi connectivity index (χ0n) is 9.06. The number of ether oxygens (including phenoxy) is 1. The van der Waals surface area contributed by atoms with E-state index < -0.39 is 0 Å². The van der Waals surface area contributed by atoms with Crippen LogP contribution in [0.2, 0.25) is 0 Å². The molecule has 0 amide bonds. The Morgan fingerprint density at radius 1 is 1.60 bits per heavy atom. The molecule has 4 nitrogen and oxygen atoms in total. The number of rotatable bonds is 4. The fourth-order valence-corrected chi connectivity index (χ4v) is 2.10. The van der Waals surface area contributed by atoms with Gasteiger partial charge in [-0.05, 0) is 19.4 Å². The number of imidazole rings is 1. The van der Waals surface area contributed by atoms with Crippen molar-refractivity contribution in [2.45, 2.75) is 25.8 Å². The maximum absolute atomic E-state index is 5.56. The molecule has 15 heavy (non-hydrogen) atoms. The van der Waals surface area contributed by atoms with E-state index >= 15 is 0 Å². The predicted octanol–water partition coefficient (Wildman–Crippen LogP) is 0.811. The SMILES string of the molecule is NCCc1cncn1CC1CCCOC1. The molecule has 1 saturated heterocycles. The molecule has 1 aliphatic heterocycles. The molecule has 4 heteroatoms. The van der Waals surface area contributed by atoms with Gasteiger partial charge in [-0.3, -0.25) is 0 Å². The van der Waals surface area contributed by atoms with Crippen molar-refractivity contribution in [3.8, 4) is 0 Å². The largest absolute Gasteiger partial charge is 0.381 e. The summed E-state index contributed by atoms with van der Waals surface area (Å²) in [5, 5.41) is 0. The first-order valence-corrected chi connectivity index (χ1v) is 5.67. The third-order valence-electron chi connectivity index (χ3n) is 2.91. The monoisotopic (exact) mass is 209 g/mol. The number of aromatic nitrogens is 2. The second kappa shape index (κ2) is 5.28. The Morgan fingerprint density at radius 3 is 3.27 bits per heavy atom. The van der Waals surface area contributed by atoms with Crippen molar-refractivity contribution >= 4 is 0 Å². The molecule has 1 aromatic rings. The van der Waals surface area contributed by atoms with E-state index in [-0.39, 0.29) is 0 Å². The van der Waals surface area contributed by atoms with Crippen molar-refractivity contribution in [2.24, 2.45) is 11.7 Å². The number of nitrogens with two attached hydrogens (primary N) is 1. The summed E-state index contributed by atoms with van der Waals surface area (Å²) in [6, 6.07) is 0. The topological polar surface area (TPSA) is 53.1 Å². The average Bonchev–Trinajstić information content (AvgIpc) is 2.68. The van der Waals surface area contributed by atoms with Gasteiger partial charge in [-0.1, -0.05) is 0 Å². The third-order valence-corrected chi connectivity index (χ3v) is 2.91. The molecule has 2 rings (SSSR count). The zero-order chi connectivity index (χ0) is 10.5. The average molecular weight is 209 g/mol. The van der Waals surface area contributed by atoms with Gasteiger partial charge in [0, 0.05) is 37.4 Å². The van der Waals surface area contributed by atoms with Gasteiger partial charge in [-0.2, -0.15) is 0 Å². The van der Waals surface area contributed by atoms with E-state index in [1.165, 1.54) is 18.5 Å². The standard InChI is InChI=1S/C11H19N3O/c12-4-3-11-6-13-9-14(11)7-10-2-1-5-15-8-10/h6,9-10H,1-5,7-8,12H2. The summed E-state index contributed by atoms with van der Waals surface area (Å²) in [6.07, 6.45) is 7.18. The minimum Gasteiger partial charge on any atom is -0.381 e. The van der Waals surface area contributed by atoms with Gasteiger partial charge in [-0.15, -0.1) is 0 Å². The summed E-state index contributed by atoms with van der Waals surface area (Å²) >= 11 is 0. The summed E-state index contributed by atoms with van der Waals surface area (Å²) in [6.45, 7) is 3.53. The lowest BCUT2D eigenvalue weighted by molar-refractivity contribution is 0.0481. The summed E-state index contributed by atoms with van der Waals surface area (Å²) in [5.41, 5.74) is 6.79. The van der Waals surface area contributed by atoms with E-state index in [0.29, 0.717) is 12.5 Å². The minimum absolute atomic E-state index is 0.643. The molecule has 0 aliphatic carbocycles. The molecule has 2 N–H and O–H groups in total. The Kier molecular flexibility index (Phi) is 3.75. The summed E-state index contributed by atoms with van der Waals surface area (Å²) < 4.78 is 7.69. The number of hydrogen-bond acceptors (Lipinski definition) is 3. The minimum atomic E-state index is 0.643. The first kappa shape index (κ1) is 10.6. The maximum Gasteiger partial charge on any atom is 0.0948 e. The summed E-state index contributed by atoms with van der Waals surface area (Å²) in [4.78, 5) is 4.17. The smallest absolute Gasteiger partial charge is 0.0948 e. The lowest BCUT2D eigenvalue weighted by atomic mass is 10.0. The Bertz CT molecular complexity index is 292. The van der Waals surface area contributed by atoms with Gasteiger partial charge in [0.15, 0.2) is 0 Å². The predicted molar refractivity (Wildman–Crippen MR) is 58.5 cm³/mol. The first-order valence-electron chi connectivity index (χ1n) is 5.67. The highest BCUT2D eigenvalue weighted by Crippen LogP contribution is 2.16. The molecule has 1 atom stereocenters. The van der Waals surface area contributed by atoms with Crippen molar-refractivity contribution < 1.29 is 4.74 Å². The van der Waals surface area contributed by atoms with Crippen LogP contribution in [0.25, 0.3) is 0 Å². The molecule has 84 valence electrons. The molecular weight excluding hydrogens is 190 g/mol. The van der Waals surface area contributed by atoms with Gasteiger partial charge in [0.2, 0.25) is 0 Å². The van der Waals surface area contributed by atoms with Crippen LogP contribution >= 0.6 is 0 Å². The molecule has 0 aromatic carbocycles. The van der Waals surface area contributed by atoms with E-state index in [2.05, 4.69) is 9.55 Å². The molecular formula is C11H19N3O. The zero-order valence-corrected chi connectivity index (χ0v) is 9.06. The molecule has 1 aromatic heterocycles. The summed E-state index contributed by atoms with van der Waals surface area (Å²) in [5.74, 6) is 0.643. The van der Waals surface area contributed by atoms with E-state index in [1.807, 2.05) is 12.5 Å². The van der Waals surface area contributed by atoms with Crippen LogP contribution < -0.4 is 5.73 Å². The molecule has 0 bridgehead atoms. The van der Waals surface area contributed by atoms with Crippen LogP contribution in [-0.4, -0.2) is 29.3 Å². The number of nitrogens with zero attached hydrogens (tertiary/aromatic N) is 2. The van der Waals surface area contributed by atoms with Gasteiger partial charge in [0.1, 0.15) is 0 Å². The molecule has 2 heterocycles. The fourth-order valence-electron chi connectivity index (χ4n) is 2.10. The first-order chi connectivity index (χ1) is 7.40. The van der Waals surface area contributed by atoms with E-state index in [4.69, 9.17) is 10.5 Å². The van der Waals surface area contributed by atoms with Gasteiger partial charge in [-0.25, -0.2) is 4.98 Å². The van der Waals surface area contributed by atoms with Gasteiger partial charge < -0.3 is 15.0 Å². The fraction of sp³-hybridized carbons (Fsp3) is 0.727. The second-order valence-electron chi connectivity index (χ2n) is 4.16. The third kappa shape index (κ3) is 2.79. The van der Waals surface area contributed by atoms with Crippen LogP contribution in [0.15, 0.2) is 12.5 Å². The van der Waals surface area contributed by atoms with Crippen molar-refractivity contribution in [1.29, 1.82) is 0 Å². The maximum atomic E-state index is 5.56. The molecule has 1 aliphatic rings. The quantitative estimate of drug-likeness (QED) is 0.798. The second-order valence-corrected chi connectivity index (χ2v) is 4.16. The van der Waals surface area contributed by atoms with Crippen molar-refractivity contribution in [1.82, 2.24) is 9.55 Å². The van der Waals surface area contributed by atoms with Crippen LogP contribution in [0.3, 0.4) is 0 Å². The van der Waals surface area contributed by atoms with Crippen LogP contribution in [0, 0.1) is 5.92 Å². The highest BCUT2D eigenvalue weighted by molar-refractivity contribution is 4.99. The normalized spacial score (nSPS) is 21.8. The van der Waals surface area contributed by atoms with Crippen molar-refractivity contribution in [3.05, 3.63) is 18.2 Å². The molecule has 0 saturated carbocycles. The van der Waals surface area contributed by atoms with Crippen molar-refractivity contribution in [3.63, 3.8) is 0 Å². The Balaban J connectivity index is 1.93. The van der Waals surface area contributed by atoms with Crippen LogP contribution in [0.1, 0.15) is 18.5 Å². The van der Waals surface area contributed by atoms with E-state index in [1.54, 1.807) is 0 Å². The van der Waals surface area contributed by atoms with E-state index in [9.17, 15) is 0 Å². The molecule has 0 spiro atoms. The lowest BCUT2D eigenvalue weighted by Gasteiger charge is -2.23. The molecule has 1 unspecified atom stereocenters. The van der Waals surface area contributed by atoms with Crippen LogP contribution in [0.5, 0.6) is 0 Å². The van der Waals surface area contributed by atoms with Gasteiger partial charge >= 0.3 is 0 Å². The van der Waals surface area contributed by atoms with Crippen molar-refractivity contribution in [2.75, 3.05) is 19.8 Å². The molecule has 1 fully saturated rings. The summed E-state index contributed by atoms with van der Waals surface area (Å²) in [7, 11) is 0.